The molecule has 0 aliphatic carbocycles. The Morgan fingerprint density at radius 2 is 2.30 bits per heavy atom. The van der Waals surface area contributed by atoms with Crippen LogP contribution in [-0.4, -0.2) is 0 Å². The fourth-order valence-corrected chi connectivity index (χ4v) is 0.660. The zero-order chi connectivity index (χ0) is 7.40. The number of hydrogen-bond donors (Lipinski definition) is 0. The van der Waals surface area contributed by atoms with Gasteiger partial charge in [-0.2, -0.15) is 0 Å². The van der Waals surface area contributed by atoms with Crippen LogP contribution in [0.5, 0.6) is 0 Å². The highest BCUT2D eigenvalue weighted by atomic mass is 16.4. The van der Waals surface area contributed by atoms with Gasteiger partial charge in [-0.1, -0.05) is 12.1 Å². The van der Waals surface area contributed by atoms with Gasteiger partial charge in [-0.05, 0) is 19.1 Å². The van der Waals surface area contributed by atoms with Crippen molar-refractivity contribution in [3.63, 3.8) is 0 Å². The summed E-state index contributed by atoms with van der Waals surface area (Å²) in [5, 5.41) is 0. The minimum atomic E-state index is -0.310. The van der Waals surface area contributed by atoms with Crippen LogP contribution in [0.2, 0.25) is 0 Å². The average molecular weight is 136 g/mol. The second-order valence-electron chi connectivity index (χ2n) is 1.85. The van der Waals surface area contributed by atoms with Crippen LogP contribution < -0.4 is 5.63 Å². The Hall–Kier alpha value is -1.31. The van der Waals surface area contributed by atoms with Crippen molar-refractivity contribution in [3.8, 4) is 0 Å². The van der Waals surface area contributed by atoms with Crippen LogP contribution in [-0.2, 0) is 0 Å². The van der Waals surface area contributed by atoms with E-state index in [9.17, 15) is 4.79 Å². The van der Waals surface area contributed by atoms with Crippen LogP contribution in [0.4, 0.5) is 0 Å². The molecule has 0 spiro atoms. The molecule has 10 heavy (non-hydrogen) atoms. The minimum Gasteiger partial charge on any atom is -0.423 e. The molecule has 0 saturated carbocycles. The Bertz CT molecular complexity index is 283. The van der Waals surface area contributed by atoms with E-state index in [1.807, 2.05) is 13.0 Å². The predicted octanol–water partition coefficient (Wildman–Crippen LogP) is 1.67. The van der Waals surface area contributed by atoms with Crippen LogP contribution in [0.1, 0.15) is 12.7 Å². The summed E-state index contributed by atoms with van der Waals surface area (Å²) >= 11 is 0. The van der Waals surface area contributed by atoms with E-state index in [1.165, 1.54) is 6.07 Å². The van der Waals surface area contributed by atoms with Gasteiger partial charge < -0.3 is 4.42 Å². The average Bonchev–Trinajstić information content (AvgIpc) is 1.88. The molecule has 1 aromatic heterocycles. The summed E-state index contributed by atoms with van der Waals surface area (Å²) < 4.78 is 4.78. The van der Waals surface area contributed by atoms with Crippen molar-refractivity contribution in [3.05, 3.63) is 40.5 Å². The summed E-state index contributed by atoms with van der Waals surface area (Å²) in [6, 6.07) is 4.79. The lowest BCUT2D eigenvalue weighted by Gasteiger charge is -1.86. The van der Waals surface area contributed by atoms with Crippen molar-refractivity contribution in [2.24, 2.45) is 0 Å². The lowest BCUT2D eigenvalue weighted by atomic mass is 10.4. The van der Waals surface area contributed by atoms with Crippen LogP contribution in [0.25, 0.3) is 6.08 Å². The monoisotopic (exact) mass is 136 g/mol. The fraction of sp³-hybridized carbons (Fsp3) is 0.125. The molecule has 1 heterocycles. The van der Waals surface area contributed by atoms with Gasteiger partial charge in [0.1, 0.15) is 5.76 Å². The van der Waals surface area contributed by atoms with E-state index in [1.54, 1.807) is 18.2 Å². The van der Waals surface area contributed by atoms with Gasteiger partial charge in [-0.15, -0.1) is 0 Å². The maximum Gasteiger partial charge on any atom is 0.336 e. The van der Waals surface area contributed by atoms with Gasteiger partial charge in [0.25, 0.3) is 0 Å². The molecule has 0 N–H and O–H groups in total. The molecule has 1 rings (SSSR count). The molecule has 2 heteroatoms. The minimum absolute atomic E-state index is 0.310. The molecule has 0 aliphatic heterocycles. The van der Waals surface area contributed by atoms with E-state index >= 15 is 0 Å². The topological polar surface area (TPSA) is 30.2 Å². The van der Waals surface area contributed by atoms with Crippen LogP contribution in [0.3, 0.4) is 0 Å². The molecule has 0 saturated heterocycles. The van der Waals surface area contributed by atoms with Gasteiger partial charge in [0.15, 0.2) is 0 Å². The molecule has 0 fully saturated rings. The molecule has 0 bridgehead atoms. The Morgan fingerprint density at radius 3 is 2.90 bits per heavy atom. The maximum atomic E-state index is 10.6. The highest BCUT2D eigenvalue weighted by Crippen LogP contribution is 1.95. The third-order valence-electron chi connectivity index (χ3n) is 1.04. The van der Waals surface area contributed by atoms with Gasteiger partial charge in [-0.25, -0.2) is 4.79 Å². The molecular weight excluding hydrogens is 128 g/mol. The Labute approximate surface area is 58.8 Å². The van der Waals surface area contributed by atoms with Crippen molar-refractivity contribution in [2.45, 2.75) is 6.92 Å². The molecule has 0 unspecified atom stereocenters. The number of allylic oxidation sites excluding steroid dienone is 1. The first-order valence-corrected chi connectivity index (χ1v) is 3.06. The number of hydrogen-bond acceptors (Lipinski definition) is 2. The van der Waals surface area contributed by atoms with Crippen molar-refractivity contribution in [1.29, 1.82) is 0 Å². The van der Waals surface area contributed by atoms with E-state index in [4.69, 9.17) is 4.42 Å². The first kappa shape index (κ1) is 6.81. The zero-order valence-corrected chi connectivity index (χ0v) is 5.70. The van der Waals surface area contributed by atoms with Crippen LogP contribution in [0.15, 0.2) is 33.5 Å². The molecule has 0 aliphatic rings. The highest BCUT2D eigenvalue weighted by molar-refractivity contribution is 5.40. The van der Waals surface area contributed by atoms with Gasteiger partial charge in [0.2, 0.25) is 0 Å². The molecule has 0 amide bonds. The predicted molar refractivity (Wildman–Crippen MR) is 39.7 cm³/mol. The summed E-state index contributed by atoms with van der Waals surface area (Å²) in [5.74, 6) is 0.593. The van der Waals surface area contributed by atoms with E-state index in [0.717, 1.165) is 0 Å². The quantitative estimate of drug-likeness (QED) is 0.587. The smallest absolute Gasteiger partial charge is 0.336 e. The largest absolute Gasteiger partial charge is 0.423 e. The Balaban J connectivity index is 3.07. The summed E-state index contributed by atoms with van der Waals surface area (Å²) in [4.78, 5) is 10.6. The van der Waals surface area contributed by atoms with Crippen LogP contribution in [0, 0.1) is 0 Å². The Morgan fingerprint density at radius 1 is 1.50 bits per heavy atom. The van der Waals surface area contributed by atoms with E-state index in [0.29, 0.717) is 5.76 Å². The Kier molecular flexibility index (Phi) is 2.05. The molecule has 1 aromatic rings. The third kappa shape index (κ3) is 1.58. The number of rotatable bonds is 1. The maximum absolute atomic E-state index is 10.6. The van der Waals surface area contributed by atoms with Crippen molar-refractivity contribution in [2.75, 3.05) is 0 Å². The highest BCUT2D eigenvalue weighted by Gasteiger charge is 1.86. The van der Waals surface area contributed by atoms with E-state index in [-0.39, 0.29) is 5.63 Å². The standard InChI is InChI=1S/C8H8O2/c1-2-4-7-5-3-6-8(9)10-7/h2-6H,1H3/b4-2+. The molecule has 0 atom stereocenters. The summed E-state index contributed by atoms with van der Waals surface area (Å²) in [6.45, 7) is 1.87. The first-order valence-electron chi connectivity index (χ1n) is 3.06. The molecule has 0 aromatic carbocycles. The van der Waals surface area contributed by atoms with Gasteiger partial charge in [0, 0.05) is 6.07 Å². The lowest BCUT2D eigenvalue weighted by molar-refractivity contribution is 0.501. The van der Waals surface area contributed by atoms with Gasteiger partial charge >= 0.3 is 5.63 Å². The third-order valence-corrected chi connectivity index (χ3v) is 1.04. The zero-order valence-electron chi connectivity index (χ0n) is 5.70. The van der Waals surface area contributed by atoms with E-state index < -0.39 is 0 Å². The molecule has 2 nitrogen and oxygen atoms in total. The first-order chi connectivity index (χ1) is 4.83. The molecular formula is C8H8O2. The summed E-state index contributed by atoms with van der Waals surface area (Å²) in [7, 11) is 0. The lowest BCUT2D eigenvalue weighted by Crippen LogP contribution is -1.94. The summed E-state index contributed by atoms with van der Waals surface area (Å²) in [5.41, 5.74) is -0.310. The van der Waals surface area contributed by atoms with Crippen molar-refractivity contribution >= 4 is 6.08 Å². The second-order valence-corrected chi connectivity index (χ2v) is 1.85. The van der Waals surface area contributed by atoms with Crippen LogP contribution >= 0.6 is 0 Å². The van der Waals surface area contributed by atoms with E-state index in [2.05, 4.69) is 0 Å². The molecule has 0 radical (unpaired) electrons. The van der Waals surface area contributed by atoms with Crippen molar-refractivity contribution < 1.29 is 4.42 Å². The van der Waals surface area contributed by atoms with Crippen molar-refractivity contribution in [1.82, 2.24) is 0 Å². The second kappa shape index (κ2) is 3.01. The fourth-order valence-electron chi connectivity index (χ4n) is 0.660. The van der Waals surface area contributed by atoms with Gasteiger partial charge in [0.05, 0.1) is 0 Å². The summed E-state index contributed by atoms with van der Waals surface area (Å²) in [6.07, 6.45) is 3.56. The normalized spacial score (nSPS) is 10.5. The van der Waals surface area contributed by atoms with Gasteiger partial charge in [-0.3, -0.25) is 0 Å². The SMILES string of the molecule is C/C=C/c1cccc(=O)o1. The molecule has 52 valence electrons.